The molecule has 1 aliphatic carbocycles. The van der Waals surface area contributed by atoms with Crippen molar-refractivity contribution in [1.82, 2.24) is 0 Å². The monoisotopic (exact) mass is 392 g/mol. The zero-order valence-corrected chi connectivity index (χ0v) is 16.3. The van der Waals surface area contributed by atoms with Crippen LogP contribution in [0.4, 0.5) is 0 Å². The molecule has 5 nitrogen and oxygen atoms in total. The predicted octanol–water partition coefficient (Wildman–Crippen LogP) is 4.90. The summed E-state index contributed by atoms with van der Waals surface area (Å²) in [7, 11) is 0. The van der Waals surface area contributed by atoms with Crippen LogP contribution in [0.5, 0.6) is 11.5 Å². The van der Waals surface area contributed by atoms with E-state index in [-0.39, 0.29) is 19.2 Å². The SMILES string of the molecule is O=C(/C=C/c1ccc2c(c1)OCO2)OCC(=O)c1ccc(C2CCCCC2)cc1. The molecule has 2 aliphatic rings. The van der Waals surface area contributed by atoms with Crippen molar-refractivity contribution < 1.29 is 23.8 Å². The first-order valence-corrected chi connectivity index (χ1v) is 10.1. The average Bonchev–Trinajstić information content (AvgIpc) is 3.24. The Morgan fingerprint density at radius 3 is 2.52 bits per heavy atom. The smallest absolute Gasteiger partial charge is 0.331 e. The number of ketones is 1. The number of benzene rings is 2. The second-order valence-corrected chi connectivity index (χ2v) is 7.43. The fraction of sp³-hybridized carbons (Fsp3) is 0.333. The second kappa shape index (κ2) is 8.95. The quantitative estimate of drug-likeness (QED) is 0.397. The first-order valence-electron chi connectivity index (χ1n) is 10.1. The summed E-state index contributed by atoms with van der Waals surface area (Å²) in [5.74, 6) is 1.17. The average molecular weight is 392 g/mol. The molecule has 0 N–H and O–H groups in total. The van der Waals surface area contributed by atoms with Gasteiger partial charge in [0.25, 0.3) is 0 Å². The summed E-state index contributed by atoms with van der Waals surface area (Å²) in [6.45, 7) is -0.0681. The van der Waals surface area contributed by atoms with E-state index >= 15 is 0 Å². The van der Waals surface area contributed by atoms with Crippen LogP contribution in [0.1, 0.15) is 59.5 Å². The van der Waals surface area contributed by atoms with Gasteiger partial charge in [-0.1, -0.05) is 49.6 Å². The third kappa shape index (κ3) is 4.86. The molecule has 29 heavy (non-hydrogen) atoms. The summed E-state index contributed by atoms with van der Waals surface area (Å²) in [6, 6.07) is 13.1. The second-order valence-electron chi connectivity index (χ2n) is 7.43. The first kappa shape index (κ1) is 19.2. The molecule has 0 bridgehead atoms. The Balaban J connectivity index is 1.28. The van der Waals surface area contributed by atoms with Crippen molar-refractivity contribution in [1.29, 1.82) is 0 Å². The Bertz CT molecular complexity index is 907. The molecule has 0 radical (unpaired) electrons. The van der Waals surface area contributed by atoms with E-state index < -0.39 is 5.97 Å². The van der Waals surface area contributed by atoms with E-state index in [9.17, 15) is 9.59 Å². The van der Waals surface area contributed by atoms with Crippen LogP contribution in [-0.4, -0.2) is 25.2 Å². The van der Waals surface area contributed by atoms with Crippen LogP contribution in [0.2, 0.25) is 0 Å². The van der Waals surface area contributed by atoms with Gasteiger partial charge in [-0.3, -0.25) is 4.79 Å². The minimum Gasteiger partial charge on any atom is -0.454 e. The number of hydrogen-bond donors (Lipinski definition) is 0. The van der Waals surface area contributed by atoms with E-state index in [1.807, 2.05) is 30.3 Å². The van der Waals surface area contributed by atoms with E-state index in [2.05, 4.69) is 0 Å². The molecule has 1 saturated carbocycles. The summed E-state index contributed by atoms with van der Waals surface area (Å²) in [6.07, 6.45) is 9.25. The molecule has 0 unspecified atom stereocenters. The molecule has 4 rings (SSSR count). The Labute approximate surface area is 170 Å². The van der Waals surface area contributed by atoms with Crippen LogP contribution in [-0.2, 0) is 9.53 Å². The van der Waals surface area contributed by atoms with Crippen LogP contribution >= 0.6 is 0 Å². The summed E-state index contributed by atoms with van der Waals surface area (Å²) < 4.78 is 15.6. The van der Waals surface area contributed by atoms with Crippen molar-refractivity contribution in [2.24, 2.45) is 0 Å². The molecule has 2 aromatic carbocycles. The summed E-state index contributed by atoms with van der Waals surface area (Å²) in [4.78, 5) is 24.2. The van der Waals surface area contributed by atoms with Crippen LogP contribution in [0.25, 0.3) is 6.08 Å². The van der Waals surface area contributed by atoms with Crippen molar-refractivity contribution in [2.75, 3.05) is 13.4 Å². The molecule has 0 amide bonds. The third-order valence-corrected chi connectivity index (χ3v) is 5.46. The van der Waals surface area contributed by atoms with Gasteiger partial charge in [0.05, 0.1) is 0 Å². The van der Waals surface area contributed by atoms with Crippen molar-refractivity contribution in [3.8, 4) is 11.5 Å². The van der Waals surface area contributed by atoms with Crippen molar-refractivity contribution in [2.45, 2.75) is 38.0 Å². The highest BCUT2D eigenvalue weighted by Gasteiger charge is 2.16. The summed E-state index contributed by atoms with van der Waals surface area (Å²) >= 11 is 0. The van der Waals surface area contributed by atoms with Gasteiger partial charge in [-0.2, -0.15) is 0 Å². The number of rotatable bonds is 6. The van der Waals surface area contributed by atoms with Gasteiger partial charge >= 0.3 is 5.97 Å². The Morgan fingerprint density at radius 1 is 0.966 bits per heavy atom. The minimum atomic E-state index is -0.560. The molecule has 2 aromatic rings. The number of hydrogen-bond acceptors (Lipinski definition) is 5. The van der Waals surface area contributed by atoms with Crippen LogP contribution in [0.3, 0.4) is 0 Å². The lowest BCUT2D eigenvalue weighted by molar-refractivity contribution is -0.136. The fourth-order valence-corrected chi connectivity index (χ4v) is 3.83. The third-order valence-electron chi connectivity index (χ3n) is 5.46. The predicted molar refractivity (Wildman–Crippen MR) is 109 cm³/mol. The van der Waals surface area contributed by atoms with Gasteiger partial charge in [-0.25, -0.2) is 4.79 Å². The van der Waals surface area contributed by atoms with Crippen LogP contribution in [0, 0.1) is 0 Å². The molecule has 0 spiro atoms. The van der Waals surface area contributed by atoms with E-state index in [4.69, 9.17) is 14.2 Å². The number of Topliss-reactive ketones (excluding diaryl/α,β-unsaturated/α-hetero) is 1. The minimum absolute atomic E-state index is 0.203. The normalized spacial score (nSPS) is 16.1. The number of fused-ring (bicyclic) bond motifs is 1. The van der Waals surface area contributed by atoms with Crippen LogP contribution in [0.15, 0.2) is 48.5 Å². The van der Waals surface area contributed by atoms with Gasteiger partial charge in [0.1, 0.15) is 0 Å². The lowest BCUT2D eigenvalue weighted by Gasteiger charge is -2.22. The summed E-state index contributed by atoms with van der Waals surface area (Å²) in [5.41, 5.74) is 2.65. The largest absolute Gasteiger partial charge is 0.454 e. The molecule has 1 fully saturated rings. The number of carbonyl (C=O) groups excluding carboxylic acids is 2. The molecule has 5 heteroatoms. The molecule has 1 aliphatic heterocycles. The van der Waals surface area contributed by atoms with Crippen molar-refractivity contribution >= 4 is 17.8 Å². The number of carbonyl (C=O) groups is 2. The highest BCUT2D eigenvalue weighted by atomic mass is 16.7. The van der Waals surface area contributed by atoms with Gasteiger partial charge in [0, 0.05) is 11.6 Å². The maximum Gasteiger partial charge on any atom is 0.331 e. The molecule has 0 aromatic heterocycles. The van der Waals surface area contributed by atoms with Crippen molar-refractivity contribution in [3.63, 3.8) is 0 Å². The van der Waals surface area contributed by atoms with Gasteiger partial charge in [-0.05, 0) is 48.1 Å². The standard InChI is InChI=1S/C24H24O5/c25-21(20-10-8-19(9-11-20)18-4-2-1-3-5-18)15-27-24(26)13-7-17-6-12-22-23(14-17)29-16-28-22/h6-14,18H,1-5,15-16H2/b13-7+. The molecule has 0 atom stereocenters. The van der Waals surface area contributed by atoms with Gasteiger partial charge in [-0.15, -0.1) is 0 Å². The highest BCUT2D eigenvalue weighted by Crippen LogP contribution is 2.33. The number of ether oxygens (including phenoxy) is 3. The molecular weight excluding hydrogens is 368 g/mol. The first-order chi connectivity index (χ1) is 14.2. The molecule has 1 heterocycles. The van der Waals surface area contributed by atoms with E-state index in [0.29, 0.717) is 23.0 Å². The number of esters is 1. The van der Waals surface area contributed by atoms with E-state index in [1.165, 1.54) is 43.7 Å². The zero-order chi connectivity index (χ0) is 20.1. The highest BCUT2D eigenvalue weighted by molar-refractivity contribution is 5.98. The van der Waals surface area contributed by atoms with Gasteiger partial charge < -0.3 is 14.2 Å². The van der Waals surface area contributed by atoms with Crippen molar-refractivity contribution in [3.05, 3.63) is 65.2 Å². The Kier molecular flexibility index (Phi) is 5.94. The molecule has 0 saturated heterocycles. The molecular formula is C24H24O5. The van der Waals surface area contributed by atoms with E-state index in [1.54, 1.807) is 18.2 Å². The lowest BCUT2D eigenvalue weighted by atomic mass is 9.84. The maximum absolute atomic E-state index is 12.3. The van der Waals surface area contributed by atoms with Gasteiger partial charge in [0.15, 0.2) is 23.9 Å². The maximum atomic E-state index is 12.3. The fourth-order valence-electron chi connectivity index (χ4n) is 3.83. The summed E-state index contributed by atoms with van der Waals surface area (Å²) in [5, 5.41) is 0. The van der Waals surface area contributed by atoms with E-state index in [0.717, 1.165) is 5.56 Å². The Hall–Kier alpha value is -3.08. The zero-order valence-electron chi connectivity index (χ0n) is 16.3. The topological polar surface area (TPSA) is 61.8 Å². The Morgan fingerprint density at radius 2 is 1.72 bits per heavy atom. The molecule has 150 valence electrons. The van der Waals surface area contributed by atoms with Gasteiger partial charge in [0.2, 0.25) is 6.79 Å². The van der Waals surface area contributed by atoms with Crippen LogP contribution < -0.4 is 9.47 Å². The lowest BCUT2D eigenvalue weighted by Crippen LogP contribution is -2.13.